The van der Waals surface area contributed by atoms with Crippen LogP contribution in [0.15, 0.2) is 46.9 Å². The van der Waals surface area contributed by atoms with Crippen molar-refractivity contribution in [3.63, 3.8) is 0 Å². The normalized spacial score (nSPS) is 11.1. The lowest BCUT2D eigenvalue weighted by Gasteiger charge is -2.16. The van der Waals surface area contributed by atoms with E-state index in [1.54, 1.807) is 25.1 Å². The van der Waals surface area contributed by atoms with Gasteiger partial charge < -0.3 is 18.9 Å². The highest BCUT2D eigenvalue weighted by atomic mass is 79.9. The van der Waals surface area contributed by atoms with E-state index < -0.39 is 23.9 Å². The molecule has 2 rings (SSSR count). The number of nitrogens with one attached hydrogen (secondary N) is 2. The Kier molecular flexibility index (Phi) is 8.48. The zero-order valence-corrected chi connectivity index (χ0v) is 18.1. The summed E-state index contributed by atoms with van der Waals surface area (Å²) >= 11 is 3.32. The lowest BCUT2D eigenvalue weighted by atomic mass is 10.2. The number of hydrazine groups is 1. The molecule has 160 valence electrons. The van der Waals surface area contributed by atoms with Gasteiger partial charge in [-0.1, -0.05) is 22.0 Å². The van der Waals surface area contributed by atoms with Crippen molar-refractivity contribution in [2.45, 2.75) is 13.0 Å². The zero-order chi connectivity index (χ0) is 22.1. The Bertz CT molecular complexity index is 920. The fourth-order valence-corrected chi connectivity index (χ4v) is 2.59. The Morgan fingerprint density at radius 1 is 1.03 bits per heavy atom. The van der Waals surface area contributed by atoms with E-state index in [0.29, 0.717) is 5.75 Å². The second-order valence-electron chi connectivity index (χ2n) is 5.89. The third kappa shape index (κ3) is 6.66. The van der Waals surface area contributed by atoms with Crippen LogP contribution in [0.4, 0.5) is 0 Å². The number of carbonyl (C=O) groups excluding carboxylic acids is 3. The van der Waals surface area contributed by atoms with Crippen LogP contribution in [0.25, 0.3) is 0 Å². The molecule has 0 bridgehead atoms. The molecular weight excluding hydrogens is 460 g/mol. The van der Waals surface area contributed by atoms with Gasteiger partial charge in [-0.05, 0) is 43.3 Å². The van der Waals surface area contributed by atoms with E-state index in [2.05, 4.69) is 31.5 Å². The van der Waals surface area contributed by atoms with Crippen molar-refractivity contribution in [1.29, 1.82) is 0 Å². The highest BCUT2D eigenvalue weighted by Gasteiger charge is 2.17. The van der Waals surface area contributed by atoms with Crippen molar-refractivity contribution in [2.75, 3.05) is 20.8 Å². The summed E-state index contributed by atoms with van der Waals surface area (Å²) in [6, 6.07) is 11.4. The lowest BCUT2D eigenvalue weighted by Crippen LogP contribution is -2.47. The van der Waals surface area contributed by atoms with Crippen LogP contribution in [0.1, 0.15) is 17.3 Å². The average Bonchev–Trinajstić information content (AvgIpc) is 2.75. The van der Waals surface area contributed by atoms with Gasteiger partial charge in [0.2, 0.25) is 0 Å². The number of ether oxygens (including phenoxy) is 4. The van der Waals surface area contributed by atoms with Crippen molar-refractivity contribution in [3.8, 4) is 17.2 Å². The number of hydrogen-bond donors (Lipinski definition) is 2. The molecule has 2 amide bonds. The molecule has 0 spiro atoms. The van der Waals surface area contributed by atoms with Crippen LogP contribution in [0.3, 0.4) is 0 Å². The summed E-state index contributed by atoms with van der Waals surface area (Å²) in [6.45, 7) is 1.25. The van der Waals surface area contributed by atoms with E-state index in [4.69, 9.17) is 14.2 Å². The molecular formula is C20H21BrN2O7. The molecule has 2 aromatic rings. The summed E-state index contributed by atoms with van der Waals surface area (Å²) in [5, 5.41) is 0. The first-order valence-corrected chi connectivity index (χ1v) is 9.53. The Hall–Kier alpha value is -3.27. The van der Waals surface area contributed by atoms with Gasteiger partial charge in [0, 0.05) is 10.0 Å². The largest absolute Gasteiger partial charge is 0.493 e. The first-order chi connectivity index (χ1) is 14.3. The standard InChI is InChI=1S/C20H21BrN2O7/c1-12(30-15-6-4-5-14(21)10-15)19(25)22-23-20(26)13-7-8-16(17(9-13)27-2)29-11-18(24)28-3/h4-10,12H,11H2,1-3H3,(H,22,25)(H,23,26). The van der Waals surface area contributed by atoms with Crippen LogP contribution in [-0.2, 0) is 14.3 Å². The molecule has 0 fully saturated rings. The highest BCUT2D eigenvalue weighted by molar-refractivity contribution is 9.10. The Morgan fingerprint density at radius 2 is 1.80 bits per heavy atom. The number of methoxy groups -OCH3 is 2. The maximum absolute atomic E-state index is 12.3. The molecule has 0 saturated heterocycles. The van der Waals surface area contributed by atoms with Crippen LogP contribution < -0.4 is 25.1 Å². The first-order valence-electron chi connectivity index (χ1n) is 8.74. The predicted molar refractivity (Wildman–Crippen MR) is 110 cm³/mol. The van der Waals surface area contributed by atoms with Gasteiger partial charge >= 0.3 is 5.97 Å². The van der Waals surface area contributed by atoms with Crippen molar-refractivity contribution >= 4 is 33.7 Å². The zero-order valence-electron chi connectivity index (χ0n) is 16.6. The van der Waals surface area contributed by atoms with Crippen LogP contribution in [-0.4, -0.2) is 44.7 Å². The molecule has 2 aromatic carbocycles. The van der Waals surface area contributed by atoms with Gasteiger partial charge in [-0.25, -0.2) is 4.79 Å². The van der Waals surface area contributed by atoms with E-state index in [0.717, 1.165) is 4.47 Å². The van der Waals surface area contributed by atoms with E-state index >= 15 is 0 Å². The van der Waals surface area contributed by atoms with Crippen molar-refractivity contribution in [3.05, 3.63) is 52.5 Å². The fraction of sp³-hybridized carbons (Fsp3) is 0.250. The third-order valence-electron chi connectivity index (χ3n) is 3.78. The third-order valence-corrected chi connectivity index (χ3v) is 4.27. The smallest absolute Gasteiger partial charge is 0.343 e. The summed E-state index contributed by atoms with van der Waals surface area (Å²) in [7, 11) is 2.64. The van der Waals surface area contributed by atoms with Gasteiger partial charge in [-0.3, -0.25) is 20.4 Å². The maximum atomic E-state index is 12.3. The second kappa shape index (κ2) is 11.1. The summed E-state index contributed by atoms with van der Waals surface area (Å²) in [4.78, 5) is 35.7. The van der Waals surface area contributed by atoms with E-state index in [9.17, 15) is 14.4 Å². The molecule has 9 nitrogen and oxygen atoms in total. The quantitative estimate of drug-likeness (QED) is 0.440. The van der Waals surface area contributed by atoms with Gasteiger partial charge in [-0.15, -0.1) is 0 Å². The molecule has 0 aliphatic rings. The molecule has 30 heavy (non-hydrogen) atoms. The lowest BCUT2D eigenvalue weighted by molar-refractivity contribution is -0.142. The molecule has 0 heterocycles. The minimum Gasteiger partial charge on any atom is -0.493 e. The van der Waals surface area contributed by atoms with Crippen molar-refractivity contribution in [1.82, 2.24) is 10.9 Å². The topological polar surface area (TPSA) is 112 Å². The molecule has 0 aliphatic carbocycles. The number of esters is 1. The second-order valence-corrected chi connectivity index (χ2v) is 6.81. The number of halogens is 1. The van der Waals surface area contributed by atoms with Crippen molar-refractivity contribution in [2.24, 2.45) is 0 Å². The van der Waals surface area contributed by atoms with Gasteiger partial charge in [-0.2, -0.15) is 0 Å². The minimum atomic E-state index is -0.844. The van der Waals surface area contributed by atoms with Gasteiger partial charge in [0.05, 0.1) is 14.2 Å². The number of hydrogen-bond acceptors (Lipinski definition) is 7. The Morgan fingerprint density at radius 3 is 2.47 bits per heavy atom. The van der Waals surface area contributed by atoms with Crippen LogP contribution >= 0.6 is 15.9 Å². The molecule has 0 radical (unpaired) electrons. The molecule has 0 saturated carbocycles. The number of benzene rings is 2. The summed E-state index contributed by atoms with van der Waals surface area (Å²) in [6.07, 6.45) is -0.844. The molecule has 0 aromatic heterocycles. The summed E-state index contributed by atoms with van der Waals surface area (Å²) in [5.74, 6) is -0.653. The van der Waals surface area contributed by atoms with Gasteiger partial charge in [0.25, 0.3) is 11.8 Å². The summed E-state index contributed by atoms with van der Waals surface area (Å²) < 4.78 is 21.3. The summed E-state index contributed by atoms with van der Waals surface area (Å²) in [5.41, 5.74) is 4.82. The first kappa shape index (κ1) is 23.0. The number of carbonyl (C=O) groups is 3. The number of rotatable bonds is 8. The average molecular weight is 481 g/mol. The molecule has 1 unspecified atom stereocenters. The molecule has 0 aliphatic heterocycles. The van der Waals surface area contributed by atoms with E-state index in [1.165, 1.54) is 32.4 Å². The SMILES string of the molecule is COC(=O)COc1ccc(C(=O)NNC(=O)C(C)Oc2cccc(Br)c2)cc1OC. The van der Waals surface area contributed by atoms with Crippen LogP contribution in [0.2, 0.25) is 0 Å². The van der Waals surface area contributed by atoms with Crippen LogP contribution in [0.5, 0.6) is 17.2 Å². The molecule has 2 N–H and O–H groups in total. The van der Waals surface area contributed by atoms with Gasteiger partial charge in [0.15, 0.2) is 24.2 Å². The van der Waals surface area contributed by atoms with E-state index in [1.807, 2.05) is 6.07 Å². The Labute approximate surface area is 181 Å². The molecule has 10 heteroatoms. The van der Waals surface area contributed by atoms with Crippen LogP contribution in [0, 0.1) is 0 Å². The fourth-order valence-electron chi connectivity index (χ4n) is 2.21. The highest BCUT2D eigenvalue weighted by Crippen LogP contribution is 2.28. The monoisotopic (exact) mass is 480 g/mol. The minimum absolute atomic E-state index is 0.207. The van der Waals surface area contributed by atoms with E-state index in [-0.39, 0.29) is 23.7 Å². The number of amides is 2. The maximum Gasteiger partial charge on any atom is 0.343 e. The van der Waals surface area contributed by atoms with Gasteiger partial charge in [0.1, 0.15) is 5.75 Å². The Balaban J connectivity index is 1.93. The van der Waals surface area contributed by atoms with Crippen molar-refractivity contribution < 1.29 is 33.3 Å². The molecule has 1 atom stereocenters. The predicted octanol–water partition coefficient (Wildman–Crippen LogP) is 2.24.